The highest BCUT2D eigenvalue weighted by Crippen LogP contribution is 2.19. The Labute approximate surface area is 95.5 Å². The Kier molecular flexibility index (Phi) is 5.56. The van der Waals surface area contributed by atoms with Gasteiger partial charge in [-0.25, -0.2) is 0 Å². The van der Waals surface area contributed by atoms with Gasteiger partial charge >= 0.3 is 0 Å². The van der Waals surface area contributed by atoms with Gasteiger partial charge in [-0.1, -0.05) is 11.6 Å². The molecule has 16 heavy (non-hydrogen) atoms. The first-order valence-corrected chi connectivity index (χ1v) is 5.63. The molecular formula is C11H19N3O2. The molecule has 0 fully saturated rings. The van der Waals surface area contributed by atoms with Crippen LogP contribution in [0.2, 0.25) is 0 Å². The van der Waals surface area contributed by atoms with E-state index in [1.807, 2.05) is 0 Å². The van der Waals surface area contributed by atoms with Gasteiger partial charge in [0.15, 0.2) is 0 Å². The largest absolute Gasteiger partial charge is 0.354 e. The second-order valence-corrected chi connectivity index (χ2v) is 3.84. The van der Waals surface area contributed by atoms with Gasteiger partial charge in [0, 0.05) is 6.54 Å². The molecule has 0 aromatic carbocycles. The number of nitrogens with one attached hydrogen (secondary N) is 2. The molecule has 0 radical (unpaired) electrons. The summed E-state index contributed by atoms with van der Waals surface area (Å²) in [6.45, 7) is 0.568. The summed E-state index contributed by atoms with van der Waals surface area (Å²) < 4.78 is 0. The third-order valence-corrected chi connectivity index (χ3v) is 2.53. The lowest BCUT2D eigenvalue weighted by Crippen LogP contribution is -2.39. The molecule has 0 heterocycles. The molecule has 0 aliphatic heterocycles. The van der Waals surface area contributed by atoms with Crippen LogP contribution in [0.4, 0.5) is 0 Å². The fourth-order valence-electron chi connectivity index (χ4n) is 1.64. The van der Waals surface area contributed by atoms with Crippen LogP contribution < -0.4 is 16.4 Å². The monoisotopic (exact) mass is 225 g/mol. The summed E-state index contributed by atoms with van der Waals surface area (Å²) in [5, 5.41) is 5.17. The second kappa shape index (κ2) is 7.00. The minimum atomic E-state index is -0.311. The molecule has 1 aliphatic carbocycles. The van der Waals surface area contributed by atoms with Crippen LogP contribution in [0.1, 0.15) is 25.7 Å². The fraction of sp³-hybridized carbons (Fsp3) is 0.636. The fourth-order valence-corrected chi connectivity index (χ4v) is 1.64. The van der Waals surface area contributed by atoms with E-state index in [0.29, 0.717) is 6.54 Å². The smallest absolute Gasteiger partial charge is 0.239 e. The maximum Gasteiger partial charge on any atom is 0.239 e. The molecule has 1 rings (SSSR count). The number of amides is 2. The molecule has 5 heteroatoms. The van der Waals surface area contributed by atoms with Crippen LogP contribution in [0.3, 0.4) is 0 Å². The van der Waals surface area contributed by atoms with E-state index in [9.17, 15) is 9.59 Å². The van der Waals surface area contributed by atoms with Crippen molar-refractivity contribution < 1.29 is 9.59 Å². The molecule has 0 atom stereocenters. The van der Waals surface area contributed by atoms with E-state index in [2.05, 4.69) is 16.7 Å². The van der Waals surface area contributed by atoms with Crippen molar-refractivity contribution in [3.63, 3.8) is 0 Å². The summed E-state index contributed by atoms with van der Waals surface area (Å²) >= 11 is 0. The quantitative estimate of drug-likeness (QED) is 0.542. The number of carbonyl (C=O) groups is 2. The van der Waals surface area contributed by atoms with Gasteiger partial charge in [-0.05, 0) is 25.7 Å². The van der Waals surface area contributed by atoms with E-state index >= 15 is 0 Å². The average molecular weight is 225 g/mol. The van der Waals surface area contributed by atoms with Gasteiger partial charge in [-0.15, -0.1) is 0 Å². The summed E-state index contributed by atoms with van der Waals surface area (Å²) in [7, 11) is 0. The second-order valence-electron chi connectivity index (χ2n) is 3.84. The maximum absolute atomic E-state index is 11.3. The Morgan fingerprint density at radius 3 is 2.75 bits per heavy atom. The average Bonchev–Trinajstić information content (AvgIpc) is 2.79. The first-order valence-electron chi connectivity index (χ1n) is 5.63. The van der Waals surface area contributed by atoms with Gasteiger partial charge in [-0.3, -0.25) is 9.59 Å². The highest BCUT2D eigenvalue weighted by molar-refractivity contribution is 5.85. The van der Waals surface area contributed by atoms with E-state index in [1.54, 1.807) is 0 Å². The van der Waals surface area contributed by atoms with Crippen LogP contribution in [0.15, 0.2) is 11.6 Å². The van der Waals surface area contributed by atoms with Crippen molar-refractivity contribution in [3.8, 4) is 0 Å². The molecule has 1 aliphatic rings. The Morgan fingerprint density at radius 1 is 1.31 bits per heavy atom. The summed E-state index contributed by atoms with van der Waals surface area (Å²) in [5.74, 6) is -0.478. The number of hydrogen-bond acceptors (Lipinski definition) is 3. The molecule has 0 unspecified atom stereocenters. The number of nitrogens with two attached hydrogens (primary N) is 1. The molecule has 0 saturated carbocycles. The zero-order valence-corrected chi connectivity index (χ0v) is 9.42. The SMILES string of the molecule is NCC(=O)NCC(=O)NCCC1=CCCC1. The lowest BCUT2D eigenvalue weighted by atomic mass is 10.2. The van der Waals surface area contributed by atoms with Crippen LogP contribution in [-0.4, -0.2) is 31.4 Å². The predicted octanol–water partition coefficient (Wildman–Crippen LogP) is -0.322. The van der Waals surface area contributed by atoms with Crippen molar-refractivity contribution >= 4 is 11.8 Å². The van der Waals surface area contributed by atoms with Gasteiger partial charge in [-0.2, -0.15) is 0 Å². The lowest BCUT2D eigenvalue weighted by Gasteiger charge is -2.06. The normalized spacial score (nSPS) is 14.4. The van der Waals surface area contributed by atoms with Crippen LogP contribution in [0, 0.1) is 0 Å². The number of allylic oxidation sites excluding steroid dienone is 1. The third kappa shape index (κ3) is 4.93. The van der Waals surface area contributed by atoms with E-state index in [-0.39, 0.29) is 24.9 Å². The Hall–Kier alpha value is -1.36. The van der Waals surface area contributed by atoms with Gasteiger partial charge < -0.3 is 16.4 Å². The molecule has 4 N–H and O–H groups in total. The summed E-state index contributed by atoms with van der Waals surface area (Å²) in [5.41, 5.74) is 6.51. The first kappa shape index (κ1) is 12.7. The number of hydrogen-bond donors (Lipinski definition) is 3. The van der Waals surface area contributed by atoms with Crippen LogP contribution in [0.5, 0.6) is 0 Å². The molecule has 0 bridgehead atoms. The van der Waals surface area contributed by atoms with Crippen LogP contribution in [0.25, 0.3) is 0 Å². The van der Waals surface area contributed by atoms with Gasteiger partial charge in [0.25, 0.3) is 0 Å². The highest BCUT2D eigenvalue weighted by atomic mass is 16.2. The molecule has 0 saturated heterocycles. The molecule has 0 spiro atoms. The van der Waals surface area contributed by atoms with E-state index < -0.39 is 0 Å². The lowest BCUT2D eigenvalue weighted by molar-refractivity contribution is -0.125. The van der Waals surface area contributed by atoms with Gasteiger partial charge in [0.05, 0.1) is 13.1 Å². The van der Waals surface area contributed by atoms with E-state index in [1.165, 1.54) is 12.0 Å². The van der Waals surface area contributed by atoms with Crippen LogP contribution >= 0.6 is 0 Å². The van der Waals surface area contributed by atoms with Gasteiger partial charge in [0.1, 0.15) is 0 Å². The molecular weight excluding hydrogens is 206 g/mol. The number of carbonyl (C=O) groups excluding carboxylic acids is 2. The standard InChI is InChI=1S/C11H19N3O2/c12-7-10(15)14-8-11(16)13-6-5-9-3-1-2-4-9/h3H,1-2,4-8,12H2,(H,13,16)(H,14,15). The van der Waals surface area contributed by atoms with Crippen molar-refractivity contribution in [2.75, 3.05) is 19.6 Å². The Bertz CT molecular complexity index is 287. The van der Waals surface area contributed by atoms with Crippen molar-refractivity contribution in [2.45, 2.75) is 25.7 Å². The van der Waals surface area contributed by atoms with E-state index in [0.717, 1.165) is 19.3 Å². The third-order valence-electron chi connectivity index (χ3n) is 2.53. The van der Waals surface area contributed by atoms with Crippen molar-refractivity contribution in [1.29, 1.82) is 0 Å². The molecule has 5 nitrogen and oxygen atoms in total. The molecule has 2 amide bonds. The minimum Gasteiger partial charge on any atom is -0.354 e. The molecule has 0 aromatic rings. The maximum atomic E-state index is 11.3. The summed E-state index contributed by atoms with van der Waals surface area (Å²) in [6, 6.07) is 0. The Morgan fingerprint density at radius 2 is 2.12 bits per heavy atom. The topological polar surface area (TPSA) is 84.2 Å². The first-order chi connectivity index (χ1) is 7.72. The van der Waals surface area contributed by atoms with Crippen molar-refractivity contribution in [2.24, 2.45) is 5.73 Å². The predicted molar refractivity (Wildman–Crippen MR) is 61.6 cm³/mol. The zero-order valence-electron chi connectivity index (χ0n) is 9.42. The highest BCUT2D eigenvalue weighted by Gasteiger charge is 2.06. The van der Waals surface area contributed by atoms with Gasteiger partial charge in [0.2, 0.25) is 11.8 Å². The van der Waals surface area contributed by atoms with Crippen molar-refractivity contribution in [1.82, 2.24) is 10.6 Å². The van der Waals surface area contributed by atoms with E-state index in [4.69, 9.17) is 5.73 Å². The molecule has 0 aromatic heterocycles. The summed E-state index contributed by atoms with van der Waals surface area (Å²) in [4.78, 5) is 22.0. The zero-order chi connectivity index (χ0) is 11.8. The Balaban J connectivity index is 2.03. The van der Waals surface area contributed by atoms with Crippen molar-refractivity contribution in [3.05, 3.63) is 11.6 Å². The van der Waals surface area contributed by atoms with Crippen LogP contribution in [-0.2, 0) is 9.59 Å². The minimum absolute atomic E-state index is 0.00901. The molecule has 90 valence electrons. The summed E-state index contributed by atoms with van der Waals surface area (Å²) in [6.07, 6.45) is 6.70. The number of rotatable bonds is 6.